The van der Waals surface area contributed by atoms with Gasteiger partial charge < -0.3 is 10.6 Å². The lowest BCUT2D eigenvalue weighted by Crippen LogP contribution is -2.42. The van der Waals surface area contributed by atoms with Gasteiger partial charge in [-0.1, -0.05) is 0 Å². The van der Waals surface area contributed by atoms with Gasteiger partial charge in [0.25, 0.3) is 0 Å². The van der Waals surface area contributed by atoms with Crippen molar-refractivity contribution in [3.05, 3.63) is 17.8 Å². The first-order valence-corrected chi connectivity index (χ1v) is 7.20. The van der Waals surface area contributed by atoms with E-state index in [-0.39, 0.29) is 12.4 Å². The van der Waals surface area contributed by atoms with Gasteiger partial charge in [-0.25, -0.2) is 15.0 Å². The zero-order chi connectivity index (χ0) is 15.0. The molecule has 1 saturated heterocycles. The van der Waals surface area contributed by atoms with Crippen molar-refractivity contribution >= 4 is 23.1 Å². The van der Waals surface area contributed by atoms with Gasteiger partial charge in [0.15, 0.2) is 0 Å². The molecular formula is C12H12F3N5S. The molecule has 0 amide bonds. The normalized spacial score (nSPS) is 19.2. The third kappa shape index (κ3) is 2.78. The van der Waals surface area contributed by atoms with E-state index < -0.39 is 12.2 Å². The van der Waals surface area contributed by atoms with E-state index in [9.17, 15) is 13.2 Å². The molecule has 3 rings (SSSR count). The summed E-state index contributed by atoms with van der Waals surface area (Å²) in [5, 5.41) is 2.33. The van der Waals surface area contributed by atoms with Gasteiger partial charge in [0.1, 0.15) is 16.9 Å². The van der Waals surface area contributed by atoms with Gasteiger partial charge in [-0.2, -0.15) is 13.2 Å². The zero-order valence-corrected chi connectivity index (χ0v) is 11.7. The lowest BCUT2D eigenvalue weighted by Gasteiger charge is -2.26. The molecule has 0 radical (unpaired) electrons. The van der Waals surface area contributed by atoms with Crippen LogP contribution in [0.2, 0.25) is 0 Å². The smallest absolute Gasteiger partial charge is 0.383 e. The average molecular weight is 315 g/mol. The summed E-state index contributed by atoms with van der Waals surface area (Å²) in [4.78, 5) is 13.4. The van der Waals surface area contributed by atoms with E-state index in [1.165, 1.54) is 28.6 Å². The van der Waals surface area contributed by atoms with Crippen molar-refractivity contribution in [2.75, 3.05) is 17.2 Å². The van der Waals surface area contributed by atoms with Crippen LogP contribution in [0.5, 0.6) is 0 Å². The third-order valence-corrected chi connectivity index (χ3v) is 4.20. The molecule has 112 valence electrons. The second kappa shape index (κ2) is 5.14. The molecule has 5 nitrogen and oxygen atoms in total. The van der Waals surface area contributed by atoms with Gasteiger partial charge in [0.2, 0.25) is 5.95 Å². The summed E-state index contributed by atoms with van der Waals surface area (Å²) in [6.07, 6.45) is -0.739. The number of nitrogen functional groups attached to an aromatic ring is 1. The largest absolute Gasteiger partial charge is 0.408 e. The standard InChI is InChI=1S/C12H12F3N5S/c13-12(14,15)8-2-1-3-20(8)11-17-4-7(5-18-11)10-19-9(16)6-21-10/h4-6,8H,1-3,16H2/t8-/m1/s1. The van der Waals surface area contributed by atoms with Crippen LogP contribution in [0.3, 0.4) is 0 Å². The maximum atomic E-state index is 12.9. The van der Waals surface area contributed by atoms with Crippen LogP contribution in [-0.4, -0.2) is 33.7 Å². The first-order valence-electron chi connectivity index (χ1n) is 6.32. The van der Waals surface area contributed by atoms with E-state index in [4.69, 9.17) is 5.73 Å². The molecule has 2 aromatic rings. The maximum absolute atomic E-state index is 12.9. The van der Waals surface area contributed by atoms with Crippen molar-refractivity contribution in [3.8, 4) is 10.6 Å². The fraction of sp³-hybridized carbons (Fsp3) is 0.417. The van der Waals surface area contributed by atoms with Gasteiger partial charge in [0.05, 0.1) is 0 Å². The molecule has 0 saturated carbocycles. The summed E-state index contributed by atoms with van der Waals surface area (Å²) >= 11 is 1.34. The first kappa shape index (κ1) is 14.1. The van der Waals surface area contributed by atoms with Crippen LogP contribution in [0, 0.1) is 0 Å². The Labute approximate surface area is 122 Å². The molecule has 21 heavy (non-hydrogen) atoms. The Balaban J connectivity index is 1.84. The Bertz CT molecular complexity index is 625. The van der Waals surface area contributed by atoms with Crippen molar-refractivity contribution in [1.29, 1.82) is 0 Å². The van der Waals surface area contributed by atoms with Crippen LogP contribution in [0.15, 0.2) is 17.8 Å². The summed E-state index contributed by atoms with van der Waals surface area (Å²) < 4.78 is 38.8. The number of anilines is 2. The molecule has 0 bridgehead atoms. The fourth-order valence-corrected chi connectivity index (χ4v) is 3.03. The minimum atomic E-state index is -4.26. The third-order valence-electron chi connectivity index (χ3n) is 3.29. The predicted molar refractivity (Wildman–Crippen MR) is 74.0 cm³/mol. The Kier molecular flexibility index (Phi) is 3.44. The van der Waals surface area contributed by atoms with Crippen LogP contribution in [0.4, 0.5) is 24.9 Å². The Morgan fingerprint density at radius 3 is 2.57 bits per heavy atom. The van der Waals surface area contributed by atoms with E-state index in [0.29, 0.717) is 29.4 Å². The van der Waals surface area contributed by atoms with E-state index in [1.54, 1.807) is 5.38 Å². The molecular weight excluding hydrogens is 303 g/mol. The Morgan fingerprint density at radius 1 is 1.29 bits per heavy atom. The Morgan fingerprint density at radius 2 is 2.00 bits per heavy atom. The highest BCUT2D eigenvalue weighted by Crippen LogP contribution is 2.34. The molecule has 0 unspecified atom stereocenters. The molecule has 1 atom stereocenters. The second-order valence-corrected chi connectivity index (χ2v) is 5.60. The van der Waals surface area contributed by atoms with Gasteiger partial charge >= 0.3 is 6.18 Å². The maximum Gasteiger partial charge on any atom is 0.408 e. The molecule has 1 aliphatic rings. The van der Waals surface area contributed by atoms with Crippen molar-refractivity contribution in [2.45, 2.75) is 25.1 Å². The van der Waals surface area contributed by atoms with E-state index >= 15 is 0 Å². The molecule has 2 aromatic heterocycles. The topological polar surface area (TPSA) is 67.9 Å². The van der Waals surface area contributed by atoms with Gasteiger partial charge in [0, 0.05) is 29.9 Å². The first-order chi connectivity index (χ1) is 9.95. The summed E-state index contributed by atoms with van der Waals surface area (Å²) in [7, 11) is 0. The number of nitrogens with zero attached hydrogens (tertiary/aromatic N) is 4. The summed E-state index contributed by atoms with van der Waals surface area (Å²) in [6.45, 7) is 0.313. The SMILES string of the molecule is Nc1csc(-c2cnc(N3CCC[C@@H]3C(F)(F)F)nc2)n1. The number of rotatable bonds is 2. The van der Waals surface area contributed by atoms with E-state index in [0.717, 1.165) is 0 Å². The second-order valence-electron chi connectivity index (χ2n) is 4.74. The predicted octanol–water partition coefficient (Wildman–Crippen LogP) is 2.71. The van der Waals surface area contributed by atoms with Crippen LogP contribution in [0.1, 0.15) is 12.8 Å². The molecule has 0 aliphatic carbocycles. The van der Waals surface area contributed by atoms with Crippen molar-refractivity contribution in [2.24, 2.45) is 0 Å². The molecule has 3 heterocycles. The number of alkyl halides is 3. The summed E-state index contributed by atoms with van der Waals surface area (Å²) in [6, 6.07) is -1.50. The number of hydrogen-bond donors (Lipinski definition) is 1. The molecule has 1 fully saturated rings. The monoisotopic (exact) mass is 315 g/mol. The molecule has 0 spiro atoms. The minimum Gasteiger partial charge on any atom is -0.383 e. The van der Waals surface area contributed by atoms with Gasteiger partial charge in [-0.05, 0) is 12.8 Å². The number of aromatic nitrogens is 3. The number of hydrogen-bond acceptors (Lipinski definition) is 6. The minimum absolute atomic E-state index is 0.0810. The number of thiazole rings is 1. The molecule has 9 heteroatoms. The van der Waals surface area contributed by atoms with Gasteiger partial charge in [-0.3, -0.25) is 0 Å². The fourth-order valence-electron chi connectivity index (χ4n) is 2.35. The molecule has 1 aliphatic heterocycles. The van der Waals surface area contributed by atoms with Crippen LogP contribution in [0.25, 0.3) is 10.6 Å². The summed E-state index contributed by atoms with van der Waals surface area (Å²) in [5.41, 5.74) is 6.18. The zero-order valence-electron chi connectivity index (χ0n) is 10.8. The van der Waals surface area contributed by atoms with Crippen molar-refractivity contribution < 1.29 is 13.2 Å². The van der Waals surface area contributed by atoms with Crippen LogP contribution < -0.4 is 10.6 Å². The number of nitrogens with two attached hydrogens (primary N) is 1. The lowest BCUT2D eigenvalue weighted by atomic mass is 10.2. The Hall–Kier alpha value is -1.90. The quantitative estimate of drug-likeness (QED) is 0.923. The van der Waals surface area contributed by atoms with Crippen molar-refractivity contribution in [1.82, 2.24) is 15.0 Å². The van der Waals surface area contributed by atoms with Crippen molar-refractivity contribution in [3.63, 3.8) is 0 Å². The highest BCUT2D eigenvalue weighted by molar-refractivity contribution is 7.13. The van der Waals surface area contributed by atoms with Crippen LogP contribution in [-0.2, 0) is 0 Å². The average Bonchev–Trinajstić information content (AvgIpc) is 3.07. The van der Waals surface area contributed by atoms with Gasteiger partial charge in [-0.15, -0.1) is 11.3 Å². The summed E-state index contributed by atoms with van der Waals surface area (Å²) in [5.74, 6) is 0.499. The van der Waals surface area contributed by atoms with E-state index in [1.807, 2.05) is 0 Å². The van der Waals surface area contributed by atoms with Crippen LogP contribution >= 0.6 is 11.3 Å². The highest BCUT2D eigenvalue weighted by Gasteiger charge is 2.46. The number of halogens is 3. The molecule has 2 N–H and O–H groups in total. The lowest BCUT2D eigenvalue weighted by molar-refractivity contribution is -0.146. The highest BCUT2D eigenvalue weighted by atomic mass is 32.1. The molecule has 0 aromatic carbocycles. The van der Waals surface area contributed by atoms with E-state index in [2.05, 4.69) is 15.0 Å².